The number of para-hydroxylation sites is 1. The van der Waals surface area contributed by atoms with E-state index in [1.807, 2.05) is 56.0 Å². The number of hydrogen-bond acceptors (Lipinski definition) is 2. The zero-order valence-electron chi connectivity index (χ0n) is 13.1. The molecule has 1 saturated carbocycles. The van der Waals surface area contributed by atoms with Crippen LogP contribution in [0.2, 0.25) is 0 Å². The van der Waals surface area contributed by atoms with Gasteiger partial charge in [-0.2, -0.15) is 0 Å². The maximum atomic E-state index is 12.6. The number of carbonyl (C=O) groups is 1. The summed E-state index contributed by atoms with van der Waals surface area (Å²) >= 11 is 0. The molecule has 1 aromatic carbocycles. The van der Waals surface area contributed by atoms with Crippen LogP contribution in [0, 0.1) is 51.0 Å². The minimum Gasteiger partial charge on any atom is 0 e. The van der Waals surface area contributed by atoms with Gasteiger partial charge in [-0.1, -0.05) is 18.2 Å². The van der Waals surface area contributed by atoms with Gasteiger partial charge in [-0.15, -0.1) is 0 Å². The zero-order chi connectivity index (χ0) is 18.6. The number of rotatable bonds is 1. The SMILES string of the molecule is O=C1N(c2ccccc2)C[C@@H](O)[C@@]12[CH][CH][CH][CH]C2.[C-]#[O+].[C-]#[O+].[C-]#[O+].[Fe]. The fourth-order valence-electron chi connectivity index (χ4n) is 2.69. The summed E-state index contributed by atoms with van der Waals surface area (Å²) in [5.41, 5.74) is 0.0892. The van der Waals surface area contributed by atoms with Crippen LogP contribution in [0.5, 0.6) is 0 Å². The predicted octanol–water partition coefficient (Wildman–Crippen LogP) is 1.49. The Bertz CT molecular complexity index is 550. The summed E-state index contributed by atoms with van der Waals surface area (Å²) in [7, 11) is 0. The van der Waals surface area contributed by atoms with E-state index in [4.69, 9.17) is 14.0 Å². The monoisotopic (exact) mass is 381 g/mol. The molecule has 1 spiro atoms. The van der Waals surface area contributed by atoms with Gasteiger partial charge >= 0.3 is 33.9 Å². The molecule has 1 aliphatic heterocycles. The second kappa shape index (κ2) is 13.7. The van der Waals surface area contributed by atoms with Gasteiger partial charge in [-0.3, -0.25) is 4.79 Å². The van der Waals surface area contributed by atoms with Gasteiger partial charge in [-0.25, -0.2) is 0 Å². The third-order valence-electron chi connectivity index (χ3n) is 3.76. The molecule has 4 radical (unpaired) electrons. The number of aliphatic hydroxyl groups excluding tert-OH is 1. The molecule has 0 aromatic heterocycles. The molecule has 0 bridgehead atoms. The number of benzene rings is 1. The molecule has 1 N–H and O–H groups in total. The molecule has 0 unspecified atom stereocenters. The van der Waals surface area contributed by atoms with Crippen LogP contribution in [0.25, 0.3) is 0 Å². The van der Waals surface area contributed by atoms with Gasteiger partial charge in [0.25, 0.3) is 0 Å². The maximum Gasteiger partial charge on any atom is 0 e. The third-order valence-corrected chi connectivity index (χ3v) is 3.76. The van der Waals surface area contributed by atoms with Gasteiger partial charge in [0.15, 0.2) is 0 Å². The average Bonchev–Trinajstić information content (AvgIpc) is 2.93. The van der Waals surface area contributed by atoms with Crippen LogP contribution in [-0.4, -0.2) is 23.7 Å². The van der Waals surface area contributed by atoms with Crippen molar-refractivity contribution >= 4 is 11.6 Å². The Morgan fingerprint density at radius 2 is 1.60 bits per heavy atom. The van der Waals surface area contributed by atoms with Crippen molar-refractivity contribution in [3.63, 3.8) is 0 Å². The van der Waals surface area contributed by atoms with Crippen LogP contribution in [-0.2, 0) is 35.8 Å². The first kappa shape index (κ1) is 25.6. The van der Waals surface area contributed by atoms with Crippen molar-refractivity contribution in [2.45, 2.75) is 12.5 Å². The van der Waals surface area contributed by atoms with E-state index in [0.717, 1.165) is 5.69 Å². The van der Waals surface area contributed by atoms with E-state index in [0.29, 0.717) is 13.0 Å². The average molecular weight is 381 g/mol. The Labute approximate surface area is 158 Å². The van der Waals surface area contributed by atoms with Crippen LogP contribution < -0.4 is 4.90 Å². The smallest absolute Gasteiger partial charge is 0 e. The summed E-state index contributed by atoms with van der Waals surface area (Å²) in [6.45, 7) is 13.9. The summed E-state index contributed by atoms with van der Waals surface area (Å²) in [4.78, 5) is 14.2. The number of aliphatic hydroxyl groups is 1. The summed E-state index contributed by atoms with van der Waals surface area (Å²) in [6.07, 6.45) is 7.47. The van der Waals surface area contributed by atoms with Gasteiger partial charge in [0.1, 0.15) is 0 Å². The second-order valence-corrected chi connectivity index (χ2v) is 4.80. The van der Waals surface area contributed by atoms with Crippen LogP contribution in [0.3, 0.4) is 0 Å². The van der Waals surface area contributed by atoms with Gasteiger partial charge in [0.05, 0.1) is 18.1 Å². The zero-order valence-corrected chi connectivity index (χ0v) is 14.2. The molecule has 2 aliphatic rings. The van der Waals surface area contributed by atoms with E-state index in [-0.39, 0.29) is 23.0 Å². The van der Waals surface area contributed by atoms with E-state index < -0.39 is 11.5 Å². The number of β-amino-alcohol motifs (C(OH)–C–C–N with tert-alkyl or cyclic N) is 1. The number of anilines is 1. The van der Waals surface area contributed by atoms with E-state index in [1.54, 1.807) is 4.90 Å². The van der Waals surface area contributed by atoms with Crippen molar-refractivity contribution in [1.82, 2.24) is 0 Å². The first-order chi connectivity index (χ1) is 11.7. The molecule has 7 heteroatoms. The molecule has 1 saturated heterocycles. The maximum absolute atomic E-state index is 12.6. The number of nitrogens with zero attached hydrogens (tertiary/aromatic N) is 1. The Hall–Kier alpha value is -1.61. The molecule has 3 rings (SSSR count). The van der Waals surface area contributed by atoms with Crippen LogP contribution in [0.1, 0.15) is 6.42 Å². The second-order valence-electron chi connectivity index (χ2n) is 4.80. The summed E-state index contributed by atoms with van der Waals surface area (Å²) in [6, 6.07) is 9.50. The van der Waals surface area contributed by atoms with Gasteiger partial charge < -0.3 is 10.0 Å². The van der Waals surface area contributed by atoms with Crippen molar-refractivity contribution < 1.29 is 40.9 Å². The predicted molar refractivity (Wildman–Crippen MR) is 80.8 cm³/mol. The van der Waals surface area contributed by atoms with Crippen molar-refractivity contribution in [1.29, 1.82) is 0 Å². The van der Waals surface area contributed by atoms with Gasteiger partial charge in [0.2, 0.25) is 5.91 Å². The van der Waals surface area contributed by atoms with Crippen LogP contribution >= 0.6 is 0 Å². The Morgan fingerprint density at radius 3 is 2.08 bits per heavy atom. The molecule has 1 aliphatic carbocycles. The molecular weight excluding hydrogens is 366 g/mol. The quantitative estimate of drug-likeness (QED) is 0.453. The van der Waals surface area contributed by atoms with Crippen LogP contribution in [0.15, 0.2) is 30.3 Å². The largest absolute Gasteiger partial charge is 0 e. The molecule has 2 fully saturated rings. The molecule has 1 amide bonds. The van der Waals surface area contributed by atoms with E-state index in [9.17, 15) is 9.90 Å². The van der Waals surface area contributed by atoms with E-state index >= 15 is 0 Å². The van der Waals surface area contributed by atoms with Crippen molar-refractivity contribution in [3.8, 4) is 0 Å². The molecule has 1 aromatic rings. The Morgan fingerprint density at radius 1 is 1.04 bits per heavy atom. The normalized spacial score (nSPS) is 19.6. The molecule has 1 heterocycles. The van der Waals surface area contributed by atoms with Crippen molar-refractivity contribution in [3.05, 3.63) is 76.0 Å². The standard InChI is InChI=1S/C15H15NO2.3CO.Fe/c17-13-11-16(12-7-3-1-4-8-12)14(18)15(13)9-5-2-6-10-15;3*1-2;/h1-9,13,17H,10-11H2;;;;/t13-,15+;;;;/m1..../s1. The first-order valence-electron chi connectivity index (χ1n) is 6.75. The molecule has 2 atom stereocenters. The Balaban J connectivity index is 0. The molecule has 130 valence electrons. The summed E-state index contributed by atoms with van der Waals surface area (Å²) < 4.78 is 22.5. The fraction of sp³-hybridized carbons (Fsp3) is 0.222. The minimum absolute atomic E-state index is 0. The van der Waals surface area contributed by atoms with Crippen LogP contribution in [0.4, 0.5) is 5.69 Å². The van der Waals surface area contributed by atoms with Crippen molar-refractivity contribution in [2.24, 2.45) is 5.41 Å². The number of amides is 1. The third kappa shape index (κ3) is 5.71. The molecule has 25 heavy (non-hydrogen) atoms. The van der Waals surface area contributed by atoms with Crippen molar-refractivity contribution in [2.75, 3.05) is 11.4 Å². The number of carbonyl (C=O) groups excluding carboxylic acids is 1. The Kier molecular flexibility index (Phi) is 14.0. The minimum atomic E-state index is -0.759. The van der Waals surface area contributed by atoms with E-state index in [2.05, 4.69) is 20.0 Å². The topological polar surface area (TPSA) is 100 Å². The first-order valence-corrected chi connectivity index (χ1v) is 6.75. The number of hydrogen-bond donors (Lipinski definition) is 1. The summed E-state index contributed by atoms with van der Waals surface area (Å²) in [5, 5.41) is 10.3. The van der Waals surface area contributed by atoms with Gasteiger partial charge in [-0.05, 0) is 44.2 Å². The fourth-order valence-corrected chi connectivity index (χ4v) is 2.69. The molecule has 6 nitrogen and oxygen atoms in total. The summed E-state index contributed by atoms with van der Waals surface area (Å²) in [5.74, 6) is -0.0122. The van der Waals surface area contributed by atoms with E-state index in [1.165, 1.54) is 0 Å². The van der Waals surface area contributed by atoms with Gasteiger partial charge in [0, 0.05) is 22.8 Å². The molecular formula is C18H15FeNO5.